The van der Waals surface area contributed by atoms with Crippen LogP contribution in [0.1, 0.15) is 27.8 Å². The zero-order valence-electron chi connectivity index (χ0n) is 25.0. The van der Waals surface area contributed by atoms with Crippen LogP contribution in [0, 0.1) is 56.7 Å². The van der Waals surface area contributed by atoms with Crippen molar-refractivity contribution in [1.82, 2.24) is 14.1 Å². The molecule has 8 aromatic rings. The molecule has 3 heterocycles. The third-order valence-electron chi connectivity index (χ3n) is 8.65. The molecular weight excluding hydrogens is 592 g/mol. The number of fused-ring (bicyclic) bond motifs is 6. The molecule has 0 aliphatic heterocycles. The van der Waals surface area contributed by atoms with Crippen LogP contribution in [-0.2, 0) is 0 Å². The van der Waals surface area contributed by atoms with E-state index in [2.05, 4.69) is 30.3 Å². The highest BCUT2D eigenvalue weighted by atomic mass is 15.1. The molecule has 0 atom stereocenters. The fourth-order valence-corrected chi connectivity index (χ4v) is 6.45. The maximum absolute atomic E-state index is 9.69. The first-order valence-corrected chi connectivity index (χ1v) is 14.8. The number of aromatic nitrogens is 3. The Kier molecular flexibility index (Phi) is 6.22. The molecule has 3 aromatic heterocycles. The second kappa shape index (κ2) is 10.7. The van der Waals surface area contributed by atoms with Gasteiger partial charge in [0.1, 0.15) is 11.6 Å². The largest absolute Gasteiger partial charge is 0.294 e. The van der Waals surface area contributed by atoms with Crippen molar-refractivity contribution in [3.8, 4) is 53.1 Å². The zero-order valence-corrected chi connectivity index (χ0v) is 25.0. The van der Waals surface area contributed by atoms with Crippen LogP contribution >= 0.6 is 0 Å². The van der Waals surface area contributed by atoms with E-state index in [4.69, 9.17) is 4.98 Å². The topological polar surface area (TPSA) is 142 Å². The SMILES string of the molecule is N#Cc1ccc(-c2cc(-n3c4ccc(C#N)cc4c4cc(C#N)ccc43)nc(-n3c4ccc(C#N)cc4c4cc(C#N)ccc43)c2)cc1. The smallest absolute Gasteiger partial charge is 0.140 e. The molecule has 0 aliphatic rings. The van der Waals surface area contributed by atoms with E-state index in [0.717, 1.165) is 54.7 Å². The van der Waals surface area contributed by atoms with Gasteiger partial charge in [-0.3, -0.25) is 9.13 Å². The summed E-state index contributed by atoms with van der Waals surface area (Å²) in [6.45, 7) is 0. The summed E-state index contributed by atoms with van der Waals surface area (Å²) in [6.07, 6.45) is 0. The summed E-state index contributed by atoms with van der Waals surface area (Å²) in [6, 6.07) is 44.3. The van der Waals surface area contributed by atoms with Gasteiger partial charge in [0.05, 0.1) is 80.2 Å². The fourth-order valence-electron chi connectivity index (χ4n) is 6.45. The van der Waals surface area contributed by atoms with Crippen LogP contribution in [0.25, 0.3) is 66.4 Å². The predicted octanol–water partition coefficient (Wildman–Crippen LogP) is 8.30. The van der Waals surface area contributed by atoms with E-state index in [9.17, 15) is 26.3 Å². The van der Waals surface area contributed by atoms with E-state index in [1.165, 1.54) is 0 Å². The van der Waals surface area contributed by atoms with Crippen molar-refractivity contribution >= 4 is 43.6 Å². The molecule has 0 radical (unpaired) electrons. The van der Waals surface area contributed by atoms with Gasteiger partial charge in [-0.15, -0.1) is 0 Å². The lowest BCUT2D eigenvalue weighted by Gasteiger charge is -2.15. The van der Waals surface area contributed by atoms with Gasteiger partial charge in [0.2, 0.25) is 0 Å². The summed E-state index contributed by atoms with van der Waals surface area (Å²) in [7, 11) is 0. The average molecular weight is 611 g/mol. The molecule has 0 bridgehead atoms. The molecule has 0 saturated heterocycles. The second-order valence-corrected chi connectivity index (χ2v) is 11.3. The molecule has 0 N–H and O–H groups in total. The molecule has 0 spiro atoms. The first-order valence-electron chi connectivity index (χ1n) is 14.8. The molecule has 8 heteroatoms. The lowest BCUT2D eigenvalue weighted by Crippen LogP contribution is -2.04. The third-order valence-corrected chi connectivity index (χ3v) is 8.65. The molecule has 5 aromatic carbocycles. The molecule has 0 amide bonds. The summed E-state index contributed by atoms with van der Waals surface area (Å²) in [4.78, 5) is 5.26. The van der Waals surface area contributed by atoms with Gasteiger partial charge in [-0.1, -0.05) is 12.1 Å². The van der Waals surface area contributed by atoms with E-state index >= 15 is 0 Å². The van der Waals surface area contributed by atoms with Crippen molar-refractivity contribution in [3.05, 3.63) is 137 Å². The molecule has 0 saturated carbocycles. The highest BCUT2D eigenvalue weighted by molar-refractivity contribution is 6.11. The lowest BCUT2D eigenvalue weighted by molar-refractivity contribution is 1.01. The summed E-state index contributed by atoms with van der Waals surface area (Å²) in [5.41, 5.74) is 7.52. The van der Waals surface area contributed by atoms with Crippen molar-refractivity contribution in [2.24, 2.45) is 0 Å². The highest BCUT2D eigenvalue weighted by Gasteiger charge is 2.20. The van der Waals surface area contributed by atoms with E-state index in [1.807, 2.05) is 81.9 Å². The molecule has 0 unspecified atom stereocenters. The van der Waals surface area contributed by atoms with Gasteiger partial charge >= 0.3 is 0 Å². The summed E-state index contributed by atoms with van der Waals surface area (Å²) in [5.74, 6) is 1.19. The van der Waals surface area contributed by atoms with E-state index in [1.54, 1.807) is 36.4 Å². The predicted molar refractivity (Wildman–Crippen MR) is 182 cm³/mol. The van der Waals surface area contributed by atoms with Crippen LogP contribution in [-0.4, -0.2) is 14.1 Å². The first kappa shape index (κ1) is 27.8. The molecular formula is C40H18N8. The Balaban J connectivity index is 1.50. The average Bonchev–Trinajstić information content (AvgIpc) is 3.65. The Morgan fingerprint density at radius 3 is 0.979 bits per heavy atom. The standard InChI is InChI=1S/C40H18N8/c41-19-24-1-7-29(8-2-24)30-17-39(47-35-9-3-25(20-42)13-31(35)32-14-26(21-43)4-10-36(32)47)46-40(18-30)48-37-11-5-27(22-44)15-33(37)34-16-28(23-45)6-12-38(34)48/h1-18H. The number of hydrogen-bond donors (Lipinski definition) is 0. The van der Waals surface area contributed by atoms with E-state index < -0.39 is 0 Å². The number of nitrogens with zero attached hydrogens (tertiary/aromatic N) is 8. The molecule has 0 fully saturated rings. The van der Waals surface area contributed by atoms with Gasteiger partial charge < -0.3 is 0 Å². The molecule has 48 heavy (non-hydrogen) atoms. The van der Waals surface area contributed by atoms with Crippen molar-refractivity contribution in [1.29, 1.82) is 26.3 Å². The monoisotopic (exact) mass is 610 g/mol. The van der Waals surface area contributed by atoms with Gasteiger partial charge in [-0.2, -0.15) is 26.3 Å². The molecule has 8 rings (SSSR count). The first-order chi connectivity index (χ1) is 23.5. The van der Waals surface area contributed by atoms with Gasteiger partial charge in [0.25, 0.3) is 0 Å². The summed E-state index contributed by atoms with van der Waals surface area (Å²) >= 11 is 0. The molecule has 218 valence electrons. The Morgan fingerprint density at radius 2 is 0.667 bits per heavy atom. The van der Waals surface area contributed by atoms with Crippen LogP contribution < -0.4 is 0 Å². The quantitative estimate of drug-likeness (QED) is 0.197. The van der Waals surface area contributed by atoms with Crippen LogP contribution in [0.3, 0.4) is 0 Å². The zero-order chi connectivity index (χ0) is 32.9. The van der Waals surface area contributed by atoms with Crippen molar-refractivity contribution in [2.75, 3.05) is 0 Å². The minimum absolute atomic E-state index is 0.502. The van der Waals surface area contributed by atoms with Crippen LogP contribution in [0.4, 0.5) is 0 Å². The van der Waals surface area contributed by atoms with Crippen molar-refractivity contribution in [2.45, 2.75) is 0 Å². The molecule has 0 aliphatic carbocycles. The van der Waals surface area contributed by atoms with Gasteiger partial charge in [0.15, 0.2) is 0 Å². The van der Waals surface area contributed by atoms with Gasteiger partial charge in [-0.25, -0.2) is 4.98 Å². The normalized spacial score (nSPS) is 10.8. The third kappa shape index (κ3) is 4.23. The van der Waals surface area contributed by atoms with E-state index in [0.29, 0.717) is 39.5 Å². The minimum atomic E-state index is 0.502. The van der Waals surface area contributed by atoms with Crippen molar-refractivity contribution in [3.63, 3.8) is 0 Å². The number of rotatable bonds is 3. The van der Waals surface area contributed by atoms with Gasteiger partial charge in [-0.05, 0) is 108 Å². The number of benzene rings is 5. The maximum atomic E-state index is 9.69. The Hall–Kier alpha value is -7.70. The Morgan fingerprint density at radius 1 is 0.354 bits per heavy atom. The summed E-state index contributed by atoms with van der Waals surface area (Å²) < 4.78 is 4.05. The van der Waals surface area contributed by atoms with Crippen molar-refractivity contribution < 1.29 is 0 Å². The van der Waals surface area contributed by atoms with Crippen LogP contribution in [0.15, 0.2) is 109 Å². The maximum Gasteiger partial charge on any atom is 0.140 e. The molecule has 8 nitrogen and oxygen atoms in total. The number of hydrogen-bond acceptors (Lipinski definition) is 6. The number of pyridine rings is 1. The Labute approximate surface area is 273 Å². The lowest BCUT2D eigenvalue weighted by atomic mass is 10.0. The van der Waals surface area contributed by atoms with Crippen LogP contribution in [0.2, 0.25) is 0 Å². The summed E-state index contributed by atoms with van der Waals surface area (Å²) in [5, 5.41) is 51.5. The Bertz CT molecular complexity index is 2580. The fraction of sp³-hybridized carbons (Fsp3) is 0. The second-order valence-electron chi connectivity index (χ2n) is 11.3. The minimum Gasteiger partial charge on any atom is -0.294 e. The van der Waals surface area contributed by atoms with E-state index in [-0.39, 0.29) is 0 Å². The number of nitriles is 5. The highest BCUT2D eigenvalue weighted by Crippen LogP contribution is 2.37. The van der Waals surface area contributed by atoms with Crippen LogP contribution in [0.5, 0.6) is 0 Å². The van der Waals surface area contributed by atoms with Gasteiger partial charge in [0, 0.05) is 21.5 Å².